The summed E-state index contributed by atoms with van der Waals surface area (Å²) in [6, 6.07) is 5.76. The van der Waals surface area contributed by atoms with Crippen molar-refractivity contribution in [3.63, 3.8) is 0 Å². The van der Waals surface area contributed by atoms with Gasteiger partial charge in [-0.05, 0) is 36.5 Å². The zero-order valence-electron chi connectivity index (χ0n) is 16.2. The van der Waals surface area contributed by atoms with Gasteiger partial charge in [0.1, 0.15) is 5.75 Å². The number of nitrogens with zero attached hydrogens (tertiary/aromatic N) is 1. The lowest BCUT2D eigenvalue weighted by atomic mass is 10.0. The molecule has 2 rings (SSSR count). The molecular weight excluding hydrogens is 328 g/mol. The van der Waals surface area contributed by atoms with Gasteiger partial charge >= 0.3 is 0 Å². The summed E-state index contributed by atoms with van der Waals surface area (Å²) >= 11 is 0. The average Bonchev–Trinajstić information content (AvgIpc) is 3.14. The number of aliphatic imine (C=N–C) groups is 1. The monoisotopic (exact) mass is 360 g/mol. The van der Waals surface area contributed by atoms with Gasteiger partial charge in [0.05, 0.1) is 12.8 Å². The predicted molar refractivity (Wildman–Crippen MR) is 107 cm³/mol. The summed E-state index contributed by atoms with van der Waals surface area (Å²) in [5.41, 5.74) is 1.72. The van der Waals surface area contributed by atoms with Gasteiger partial charge in [0.2, 0.25) is 5.91 Å². The maximum absolute atomic E-state index is 11.3. The van der Waals surface area contributed by atoms with Gasteiger partial charge < -0.3 is 20.7 Å². The van der Waals surface area contributed by atoms with Crippen LogP contribution in [0.3, 0.4) is 0 Å². The topological polar surface area (TPSA) is 74.8 Å². The predicted octanol–water partition coefficient (Wildman–Crippen LogP) is 3.29. The van der Waals surface area contributed by atoms with Crippen molar-refractivity contribution in [3.8, 4) is 5.75 Å². The fourth-order valence-corrected chi connectivity index (χ4v) is 3.46. The van der Waals surface area contributed by atoms with Crippen molar-refractivity contribution < 1.29 is 9.53 Å². The van der Waals surface area contributed by atoms with Crippen molar-refractivity contribution in [2.45, 2.75) is 52.0 Å². The molecule has 6 heteroatoms. The molecule has 26 heavy (non-hydrogen) atoms. The Balaban J connectivity index is 1.78. The molecule has 0 bridgehead atoms. The summed E-state index contributed by atoms with van der Waals surface area (Å²) in [6.45, 7) is 3.05. The van der Waals surface area contributed by atoms with Crippen LogP contribution in [0.15, 0.2) is 23.2 Å². The third-order valence-corrected chi connectivity index (χ3v) is 4.81. The largest absolute Gasteiger partial charge is 0.495 e. The molecule has 0 aliphatic heterocycles. The van der Waals surface area contributed by atoms with Gasteiger partial charge in [-0.3, -0.25) is 9.79 Å². The van der Waals surface area contributed by atoms with E-state index in [9.17, 15) is 4.79 Å². The molecular formula is C20H32N4O2. The molecule has 1 saturated carbocycles. The molecule has 0 saturated heterocycles. The number of ether oxygens (including phenoxy) is 1. The van der Waals surface area contributed by atoms with E-state index in [1.807, 2.05) is 18.2 Å². The third-order valence-electron chi connectivity index (χ3n) is 4.81. The second-order valence-corrected chi connectivity index (χ2v) is 6.86. The Kier molecular flexibility index (Phi) is 8.25. The van der Waals surface area contributed by atoms with Gasteiger partial charge in [-0.25, -0.2) is 0 Å². The maximum Gasteiger partial charge on any atom is 0.221 e. The lowest BCUT2D eigenvalue weighted by molar-refractivity contribution is -0.114. The zero-order valence-corrected chi connectivity index (χ0v) is 16.2. The number of benzene rings is 1. The number of carbonyl (C=O) groups is 1. The van der Waals surface area contributed by atoms with Crippen LogP contribution in [0.25, 0.3) is 0 Å². The zero-order chi connectivity index (χ0) is 18.8. The highest BCUT2D eigenvalue weighted by Crippen LogP contribution is 2.28. The number of hydrogen-bond acceptors (Lipinski definition) is 3. The minimum atomic E-state index is -0.117. The first kappa shape index (κ1) is 20.1. The summed E-state index contributed by atoms with van der Waals surface area (Å²) in [5, 5.41) is 9.49. The highest BCUT2D eigenvalue weighted by molar-refractivity contribution is 5.90. The van der Waals surface area contributed by atoms with Crippen LogP contribution in [0.5, 0.6) is 5.75 Å². The Morgan fingerprint density at radius 3 is 2.69 bits per heavy atom. The number of methoxy groups -OCH3 is 1. The molecule has 1 aromatic carbocycles. The molecule has 0 heterocycles. The van der Waals surface area contributed by atoms with Crippen molar-refractivity contribution in [2.24, 2.45) is 10.9 Å². The molecule has 0 aromatic heterocycles. The lowest BCUT2D eigenvalue weighted by Gasteiger charge is -2.15. The Morgan fingerprint density at radius 2 is 2.04 bits per heavy atom. The van der Waals surface area contributed by atoms with Gasteiger partial charge in [0, 0.05) is 27.1 Å². The Bertz CT molecular complexity index is 610. The summed E-state index contributed by atoms with van der Waals surface area (Å²) < 4.78 is 5.28. The van der Waals surface area contributed by atoms with Gasteiger partial charge in [-0.15, -0.1) is 0 Å². The fraction of sp³-hybridized carbons (Fsp3) is 0.600. The van der Waals surface area contributed by atoms with E-state index in [0.29, 0.717) is 18.0 Å². The Labute approximate surface area is 156 Å². The number of rotatable bonds is 8. The van der Waals surface area contributed by atoms with Crippen LogP contribution in [0, 0.1) is 5.92 Å². The molecule has 0 atom stereocenters. The highest BCUT2D eigenvalue weighted by atomic mass is 16.5. The molecule has 1 aliphatic carbocycles. The van der Waals surface area contributed by atoms with Crippen LogP contribution in [0.2, 0.25) is 0 Å². The number of nitrogens with one attached hydrogen (secondary N) is 3. The minimum Gasteiger partial charge on any atom is -0.495 e. The van der Waals surface area contributed by atoms with E-state index < -0.39 is 0 Å². The smallest absolute Gasteiger partial charge is 0.221 e. The van der Waals surface area contributed by atoms with E-state index in [1.165, 1.54) is 45.4 Å². The summed E-state index contributed by atoms with van der Waals surface area (Å²) in [6.07, 6.45) is 8.11. The van der Waals surface area contributed by atoms with Crippen molar-refractivity contribution in [3.05, 3.63) is 23.8 Å². The van der Waals surface area contributed by atoms with E-state index in [2.05, 4.69) is 20.9 Å². The number of hydrogen-bond donors (Lipinski definition) is 3. The molecule has 144 valence electrons. The molecule has 0 radical (unpaired) electrons. The third kappa shape index (κ3) is 6.58. The highest BCUT2D eigenvalue weighted by Gasteiger charge is 2.14. The Hall–Kier alpha value is -2.24. The van der Waals surface area contributed by atoms with Crippen LogP contribution in [-0.2, 0) is 11.3 Å². The molecule has 0 spiro atoms. The second kappa shape index (κ2) is 10.7. The normalized spacial score (nSPS) is 15.0. The summed E-state index contributed by atoms with van der Waals surface area (Å²) in [5.74, 6) is 2.26. The van der Waals surface area contributed by atoms with E-state index in [1.54, 1.807) is 14.2 Å². The van der Waals surface area contributed by atoms with E-state index >= 15 is 0 Å². The first-order valence-corrected chi connectivity index (χ1v) is 9.51. The van der Waals surface area contributed by atoms with E-state index in [0.717, 1.165) is 24.0 Å². The van der Waals surface area contributed by atoms with Gasteiger partial charge in [-0.1, -0.05) is 31.7 Å². The number of anilines is 1. The average molecular weight is 361 g/mol. The van der Waals surface area contributed by atoms with Gasteiger partial charge in [0.25, 0.3) is 0 Å². The minimum absolute atomic E-state index is 0.117. The first-order chi connectivity index (χ1) is 12.6. The first-order valence-electron chi connectivity index (χ1n) is 9.51. The van der Waals surface area contributed by atoms with Crippen LogP contribution in [0.1, 0.15) is 51.0 Å². The number of guanidine groups is 1. The van der Waals surface area contributed by atoms with Gasteiger partial charge in [0.15, 0.2) is 5.96 Å². The van der Waals surface area contributed by atoms with Crippen LogP contribution >= 0.6 is 0 Å². The standard InChI is InChI=1S/C20H32N4O2/c1-15(25)24-18-13-17(10-11-19(18)26-3)14-23-20(21-2)22-12-6-9-16-7-4-5-8-16/h10-11,13,16H,4-9,12,14H2,1-3H3,(H,24,25)(H2,21,22,23). The molecule has 6 nitrogen and oxygen atoms in total. The summed E-state index contributed by atoms with van der Waals surface area (Å²) in [7, 11) is 3.37. The van der Waals surface area contributed by atoms with Crippen LogP contribution in [0.4, 0.5) is 5.69 Å². The Morgan fingerprint density at radius 1 is 1.27 bits per heavy atom. The molecule has 1 aromatic rings. The van der Waals surface area contributed by atoms with Gasteiger partial charge in [-0.2, -0.15) is 0 Å². The van der Waals surface area contributed by atoms with Crippen LogP contribution in [-0.4, -0.2) is 32.6 Å². The molecule has 0 unspecified atom stereocenters. The molecule has 1 fully saturated rings. The number of amides is 1. The fourth-order valence-electron chi connectivity index (χ4n) is 3.46. The van der Waals surface area contributed by atoms with E-state index in [4.69, 9.17) is 4.74 Å². The van der Waals surface area contributed by atoms with Crippen molar-refractivity contribution in [1.29, 1.82) is 0 Å². The molecule has 3 N–H and O–H groups in total. The van der Waals surface area contributed by atoms with Crippen LogP contribution < -0.4 is 20.7 Å². The van der Waals surface area contributed by atoms with Crippen molar-refractivity contribution in [1.82, 2.24) is 10.6 Å². The van der Waals surface area contributed by atoms with Crippen molar-refractivity contribution >= 4 is 17.6 Å². The second-order valence-electron chi connectivity index (χ2n) is 6.86. The molecule has 1 aliphatic rings. The SMILES string of the molecule is CN=C(NCCCC1CCCC1)NCc1ccc(OC)c(NC(C)=O)c1. The molecule has 1 amide bonds. The van der Waals surface area contributed by atoms with Crippen molar-refractivity contribution in [2.75, 3.05) is 26.0 Å². The number of carbonyl (C=O) groups excluding carboxylic acids is 1. The maximum atomic E-state index is 11.3. The summed E-state index contributed by atoms with van der Waals surface area (Å²) in [4.78, 5) is 15.6. The quantitative estimate of drug-likeness (QED) is 0.378. The van der Waals surface area contributed by atoms with E-state index in [-0.39, 0.29) is 5.91 Å². The lowest BCUT2D eigenvalue weighted by Crippen LogP contribution is -2.37.